The normalized spacial score (nSPS) is 17.7. The van der Waals surface area contributed by atoms with Crippen molar-refractivity contribution in [3.63, 3.8) is 0 Å². The predicted octanol–water partition coefficient (Wildman–Crippen LogP) is 2.93. The lowest BCUT2D eigenvalue weighted by Gasteiger charge is -2.39. The number of ether oxygens (including phenoxy) is 1. The molecule has 0 bridgehead atoms. The van der Waals surface area contributed by atoms with Crippen molar-refractivity contribution >= 4 is 11.8 Å². The van der Waals surface area contributed by atoms with Crippen molar-refractivity contribution < 1.29 is 14.6 Å². The molecule has 2 rings (SSSR count). The minimum absolute atomic E-state index is 0.427. The number of hydrogen-bond donors (Lipinski definition) is 2. The number of nitrogens with zero attached hydrogens (tertiary/aromatic N) is 1. The van der Waals surface area contributed by atoms with Crippen molar-refractivity contribution in [2.45, 2.75) is 51.2 Å². The number of benzene rings is 1. The molecular formula is C18H28N2O3. The third-order valence-electron chi connectivity index (χ3n) is 4.07. The van der Waals surface area contributed by atoms with Crippen LogP contribution in [0.15, 0.2) is 30.3 Å². The first-order valence-electron chi connectivity index (χ1n) is 8.27. The van der Waals surface area contributed by atoms with Gasteiger partial charge in [0.15, 0.2) is 0 Å². The summed E-state index contributed by atoms with van der Waals surface area (Å²) >= 11 is 0. The Kier molecular flexibility index (Phi) is 5.52. The first-order valence-corrected chi connectivity index (χ1v) is 8.27. The third-order valence-corrected chi connectivity index (χ3v) is 4.07. The fraction of sp³-hybridized carbons (Fsp3) is 0.611. The van der Waals surface area contributed by atoms with E-state index in [1.807, 2.05) is 39.0 Å². The van der Waals surface area contributed by atoms with Crippen LogP contribution in [0, 0.1) is 0 Å². The fourth-order valence-electron chi connectivity index (χ4n) is 2.78. The molecule has 1 amide bonds. The highest BCUT2D eigenvalue weighted by atomic mass is 16.6. The Morgan fingerprint density at radius 1 is 1.26 bits per heavy atom. The summed E-state index contributed by atoms with van der Waals surface area (Å²) in [5, 5.41) is 13.4. The molecule has 0 spiro atoms. The maximum atomic E-state index is 11.6. The van der Waals surface area contributed by atoms with E-state index in [1.54, 1.807) is 0 Å². The topological polar surface area (TPSA) is 61.8 Å². The Labute approximate surface area is 138 Å². The Balaban J connectivity index is 1.74. The van der Waals surface area contributed by atoms with Gasteiger partial charge in [-0.25, -0.2) is 4.79 Å². The molecule has 1 fully saturated rings. The third kappa shape index (κ3) is 5.75. The van der Waals surface area contributed by atoms with Crippen molar-refractivity contribution in [2.75, 3.05) is 24.5 Å². The summed E-state index contributed by atoms with van der Waals surface area (Å²) in [6.07, 6.45) is 1.54. The van der Waals surface area contributed by atoms with Crippen LogP contribution in [-0.2, 0) is 4.74 Å². The van der Waals surface area contributed by atoms with Crippen LogP contribution in [-0.4, -0.2) is 42.0 Å². The number of amides is 1. The van der Waals surface area contributed by atoms with E-state index in [9.17, 15) is 9.90 Å². The molecule has 0 atom stereocenters. The van der Waals surface area contributed by atoms with Crippen molar-refractivity contribution in [1.29, 1.82) is 0 Å². The Morgan fingerprint density at radius 2 is 1.87 bits per heavy atom. The van der Waals surface area contributed by atoms with Crippen LogP contribution in [0.25, 0.3) is 0 Å². The molecule has 128 valence electrons. The number of para-hydroxylation sites is 1. The van der Waals surface area contributed by atoms with E-state index in [4.69, 9.17) is 4.74 Å². The van der Waals surface area contributed by atoms with Crippen LogP contribution in [0.5, 0.6) is 0 Å². The second kappa shape index (κ2) is 7.21. The Morgan fingerprint density at radius 3 is 2.43 bits per heavy atom. The van der Waals surface area contributed by atoms with Crippen molar-refractivity contribution in [3.05, 3.63) is 30.3 Å². The molecule has 1 aromatic carbocycles. The Hall–Kier alpha value is -1.75. The number of aliphatic hydroxyl groups is 1. The summed E-state index contributed by atoms with van der Waals surface area (Å²) in [7, 11) is 0. The lowest BCUT2D eigenvalue weighted by atomic mass is 9.88. The van der Waals surface area contributed by atoms with E-state index in [0.717, 1.165) is 13.1 Å². The van der Waals surface area contributed by atoms with Gasteiger partial charge in [0.25, 0.3) is 0 Å². The zero-order chi connectivity index (χ0) is 16.9. The molecule has 23 heavy (non-hydrogen) atoms. The number of hydrogen-bond acceptors (Lipinski definition) is 4. The summed E-state index contributed by atoms with van der Waals surface area (Å²) < 4.78 is 5.20. The molecule has 1 aliphatic rings. The van der Waals surface area contributed by atoms with Crippen molar-refractivity contribution in [2.24, 2.45) is 0 Å². The van der Waals surface area contributed by atoms with Gasteiger partial charge in [-0.3, -0.25) is 0 Å². The van der Waals surface area contributed by atoms with Crippen LogP contribution in [0.4, 0.5) is 10.5 Å². The maximum absolute atomic E-state index is 11.6. The molecule has 1 aromatic rings. The molecule has 0 aromatic heterocycles. The molecule has 0 aliphatic carbocycles. The summed E-state index contributed by atoms with van der Waals surface area (Å²) in [6.45, 7) is 7.58. The van der Waals surface area contributed by atoms with E-state index < -0.39 is 17.3 Å². The molecule has 0 radical (unpaired) electrons. The maximum Gasteiger partial charge on any atom is 0.407 e. The van der Waals surface area contributed by atoms with Gasteiger partial charge in [0.05, 0.1) is 5.60 Å². The quantitative estimate of drug-likeness (QED) is 0.895. The molecule has 1 aliphatic heterocycles. The largest absolute Gasteiger partial charge is 0.444 e. The number of carbonyl (C=O) groups is 1. The van der Waals surface area contributed by atoms with Gasteiger partial charge >= 0.3 is 6.09 Å². The zero-order valence-corrected chi connectivity index (χ0v) is 14.3. The average Bonchev–Trinajstić information content (AvgIpc) is 2.47. The van der Waals surface area contributed by atoms with Gasteiger partial charge in [0.1, 0.15) is 5.60 Å². The lowest BCUT2D eigenvalue weighted by Crippen LogP contribution is -2.46. The van der Waals surface area contributed by atoms with Crippen LogP contribution in [0.2, 0.25) is 0 Å². The van der Waals surface area contributed by atoms with Gasteiger partial charge in [-0.15, -0.1) is 0 Å². The number of nitrogens with one attached hydrogen (secondary N) is 1. The second-order valence-electron chi connectivity index (χ2n) is 7.23. The smallest absolute Gasteiger partial charge is 0.407 e. The zero-order valence-electron chi connectivity index (χ0n) is 14.3. The second-order valence-corrected chi connectivity index (χ2v) is 7.23. The van der Waals surface area contributed by atoms with E-state index in [2.05, 4.69) is 22.3 Å². The number of piperidine rings is 1. The molecular weight excluding hydrogens is 292 g/mol. The van der Waals surface area contributed by atoms with Crippen molar-refractivity contribution in [1.82, 2.24) is 5.32 Å². The highest BCUT2D eigenvalue weighted by molar-refractivity contribution is 5.67. The molecule has 2 N–H and O–H groups in total. The van der Waals surface area contributed by atoms with Crippen LogP contribution < -0.4 is 10.2 Å². The number of carbonyl (C=O) groups excluding carboxylic acids is 1. The van der Waals surface area contributed by atoms with E-state index in [-0.39, 0.29) is 0 Å². The number of alkyl carbamates (subject to hydrolysis) is 1. The summed E-state index contributed by atoms with van der Waals surface area (Å²) in [5.41, 5.74) is -0.0103. The first-order chi connectivity index (χ1) is 10.8. The van der Waals surface area contributed by atoms with Gasteiger partial charge in [-0.2, -0.15) is 0 Å². The van der Waals surface area contributed by atoms with Gasteiger partial charge in [0, 0.05) is 25.3 Å². The van der Waals surface area contributed by atoms with Gasteiger partial charge in [0.2, 0.25) is 0 Å². The van der Waals surface area contributed by atoms with Gasteiger partial charge < -0.3 is 20.1 Å². The molecule has 5 heteroatoms. The SMILES string of the molecule is CC(C)(C)OC(=O)NCCC1(O)CCN(c2ccccc2)CC1. The van der Waals surface area contributed by atoms with Gasteiger partial charge in [-0.1, -0.05) is 18.2 Å². The van der Waals surface area contributed by atoms with Crippen molar-refractivity contribution in [3.8, 4) is 0 Å². The molecule has 5 nitrogen and oxygen atoms in total. The highest BCUT2D eigenvalue weighted by Crippen LogP contribution is 2.28. The van der Waals surface area contributed by atoms with E-state index in [1.165, 1.54) is 5.69 Å². The van der Waals surface area contributed by atoms with E-state index in [0.29, 0.717) is 25.8 Å². The van der Waals surface area contributed by atoms with Crippen LogP contribution in [0.1, 0.15) is 40.0 Å². The molecule has 1 saturated heterocycles. The molecule has 0 unspecified atom stereocenters. The van der Waals surface area contributed by atoms with E-state index >= 15 is 0 Å². The summed E-state index contributed by atoms with van der Waals surface area (Å²) in [6, 6.07) is 10.2. The highest BCUT2D eigenvalue weighted by Gasteiger charge is 2.32. The average molecular weight is 320 g/mol. The minimum Gasteiger partial charge on any atom is -0.444 e. The monoisotopic (exact) mass is 320 g/mol. The summed E-state index contributed by atoms with van der Waals surface area (Å²) in [5.74, 6) is 0. The van der Waals surface area contributed by atoms with Crippen LogP contribution >= 0.6 is 0 Å². The molecule has 1 heterocycles. The molecule has 0 saturated carbocycles. The Bertz CT molecular complexity index is 503. The number of rotatable bonds is 4. The standard InChI is InChI=1S/C18H28N2O3/c1-17(2,3)23-16(21)19-12-9-18(22)10-13-20(14-11-18)15-7-5-4-6-8-15/h4-8,22H,9-14H2,1-3H3,(H,19,21). The predicted molar refractivity (Wildman–Crippen MR) is 91.7 cm³/mol. The first kappa shape index (κ1) is 17.6. The number of anilines is 1. The van der Waals surface area contributed by atoms with Gasteiger partial charge in [-0.05, 0) is 52.2 Å². The lowest BCUT2D eigenvalue weighted by molar-refractivity contribution is 0.00690. The fourth-order valence-corrected chi connectivity index (χ4v) is 2.78. The minimum atomic E-state index is -0.708. The summed E-state index contributed by atoms with van der Waals surface area (Å²) in [4.78, 5) is 13.9. The van der Waals surface area contributed by atoms with Crippen LogP contribution in [0.3, 0.4) is 0 Å².